The summed E-state index contributed by atoms with van der Waals surface area (Å²) in [5, 5.41) is 0. The predicted octanol–water partition coefficient (Wildman–Crippen LogP) is 5.61. The largest absolute Gasteiger partial charge is 0.457 e. The minimum absolute atomic E-state index is 0.202. The van der Waals surface area contributed by atoms with Gasteiger partial charge in [0, 0.05) is 5.69 Å². The summed E-state index contributed by atoms with van der Waals surface area (Å²) in [7, 11) is -4.16. The predicted molar refractivity (Wildman–Crippen MR) is 99.9 cm³/mol. The smallest absolute Gasteiger partial charge is 0.416 e. The highest BCUT2D eigenvalue weighted by atomic mass is 32.2. The normalized spacial score (nSPS) is 11.9. The highest BCUT2D eigenvalue weighted by molar-refractivity contribution is 7.92. The van der Waals surface area contributed by atoms with Crippen LogP contribution in [0.2, 0.25) is 0 Å². The first-order chi connectivity index (χ1) is 13.1. The third-order valence-corrected chi connectivity index (χ3v) is 5.21. The third-order valence-electron chi connectivity index (χ3n) is 3.83. The van der Waals surface area contributed by atoms with E-state index in [0.717, 1.165) is 23.8 Å². The van der Waals surface area contributed by atoms with Gasteiger partial charge >= 0.3 is 6.18 Å². The molecule has 0 fully saturated rings. The first kappa shape index (κ1) is 19.8. The van der Waals surface area contributed by atoms with Crippen LogP contribution in [0.3, 0.4) is 0 Å². The second kappa shape index (κ2) is 7.55. The number of alkyl halides is 3. The Morgan fingerprint density at radius 2 is 1.43 bits per heavy atom. The molecule has 0 unspecified atom stereocenters. The van der Waals surface area contributed by atoms with Gasteiger partial charge in [0.15, 0.2) is 0 Å². The van der Waals surface area contributed by atoms with Crippen LogP contribution in [0, 0.1) is 6.92 Å². The van der Waals surface area contributed by atoms with Crippen molar-refractivity contribution in [1.82, 2.24) is 0 Å². The molecule has 0 amide bonds. The van der Waals surface area contributed by atoms with Crippen molar-refractivity contribution in [2.75, 3.05) is 4.72 Å². The molecule has 3 rings (SSSR count). The number of sulfonamides is 1. The Labute approximate surface area is 160 Å². The van der Waals surface area contributed by atoms with Crippen molar-refractivity contribution in [1.29, 1.82) is 0 Å². The Hall–Kier alpha value is -3.00. The Bertz CT molecular complexity index is 1060. The molecule has 0 aliphatic rings. The molecule has 3 aromatic carbocycles. The number of hydrogen-bond donors (Lipinski definition) is 1. The van der Waals surface area contributed by atoms with E-state index in [1.54, 1.807) is 24.3 Å². The van der Waals surface area contributed by atoms with Gasteiger partial charge in [0.2, 0.25) is 0 Å². The van der Waals surface area contributed by atoms with Crippen molar-refractivity contribution in [2.24, 2.45) is 0 Å². The van der Waals surface area contributed by atoms with E-state index in [1.807, 2.05) is 19.1 Å². The Kier molecular flexibility index (Phi) is 5.33. The van der Waals surface area contributed by atoms with Crippen molar-refractivity contribution in [3.63, 3.8) is 0 Å². The van der Waals surface area contributed by atoms with E-state index in [-0.39, 0.29) is 5.69 Å². The SMILES string of the molecule is Cc1ccc(Oc2ccc(NS(=O)(=O)c3cccc(C(F)(F)F)c3)cc2)cc1. The van der Waals surface area contributed by atoms with Crippen LogP contribution in [0.5, 0.6) is 11.5 Å². The van der Waals surface area contributed by atoms with Crippen LogP contribution in [-0.2, 0) is 16.2 Å². The summed E-state index contributed by atoms with van der Waals surface area (Å²) < 4.78 is 71.1. The quantitative estimate of drug-likeness (QED) is 0.598. The number of hydrogen-bond acceptors (Lipinski definition) is 3. The molecule has 0 saturated heterocycles. The lowest BCUT2D eigenvalue weighted by Crippen LogP contribution is -2.14. The maximum Gasteiger partial charge on any atom is 0.416 e. The van der Waals surface area contributed by atoms with Crippen LogP contribution in [0.4, 0.5) is 18.9 Å². The van der Waals surface area contributed by atoms with E-state index >= 15 is 0 Å². The molecule has 8 heteroatoms. The summed E-state index contributed by atoms with van der Waals surface area (Å²) in [6.45, 7) is 1.95. The second-order valence-electron chi connectivity index (χ2n) is 6.07. The van der Waals surface area contributed by atoms with Crippen molar-refractivity contribution >= 4 is 15.7 Å². The minimum Gasteiger partial charge on any atom is -0.457 e. The summed E-state index contributed by atoms with van der Waals surface area (Å²) in [5.41, 5.74) is 0.262. The number of anilines is 1. The average Bonchev–Trinajstić information content (AvgIpc) is 2.64. The van der Waals surface area contributed by atoms with Crippen molar-refractivity contribution in [3.05, 3.63) is 83.9 Å². The van der Waals surface area contributed by atoms with Gasteiger partial charge in [0.1, 0.15) is 11.5 Å². The Morgan fingerprint density at radius 1 is 0.857 bits per heavy atom. The van der Waals surface area contributed by atoms with E-state index in [0.29, 0.717) is 17.6 Å². The molecule has 0 aromatic heterocycles. The summed E-state index contributed by atoms with van der Waals surface area (Å²) in [6.07, 6.45) is -4.62. The van der Waals surface area contributed by atoms with Crippen LogP contribution < -0.4 is 9.46 Å². The molecular formula is C20H16F3NO3S. The van der Waals surface area contributed by atoms with Crippen molar-refractivity contribution in [3.8, 4) is 11.5 Å². The van der Waals surface area contributed by atoms with Gasteiger partial charge in [-0.2, -0.15) is 13.2 Å². The monoisotopic (exact) mass is 407 g/mol. The van der Waals surface area contributed by atoms with E-state index in [4.69, 9.17) is 4.74 Å². The molecule has 0 heterocycles. The van der Waals surface area contributed by atoms with Crippen molar-refractivity contribution in [2.45, 2.75) is 18.0 Å². The van der Waals surface area contributed by atoms with E-state index in [9.17, 15) is 21.6 Å². The molecule has 4 nitrogen and oxygen atoms in total. The number of ether oxygens (including phenoxy) is 1. The van der Waals surface area contributed by atoms with Gasteiger partial charge in [-0.15, -0.1) is 0 Å². The lowest BCUT2D eigenvalue weighted by Gasteiger charge is -2.12. The van der Waals surface area contributed by atoms with Gasteiger partial charge in [-0.1, -0.05) is 23.8 Å². The van der Waals surface area contributed by atoms with Crippen LogP contribution in [-0.4, -0.2) is 8.42 Å². The molecule has 1 N–H and O–H groups in total. The topological polar surface area (TPSA) is 55.4 Å². The highest BCUT2D eigenvalue weighted by Gasteiger charge is 2.31. The van der Waals surface area contributed by atoms with E-state index in [2.05, 4.69) is 4.72 Å². The fraction of sp³-hybridized carbons (Fsp3) is 0.100. The van der Waals surface area contributed by atoms with E-state index < -0.39 is 26.7 Å². The zero-order chi connectivity index (χ0) is 20.4. The average molecular weight is 407 g/mol. The van der Waals surface area contributed by atoms with Crippen LogP contribution in [0.15, 0.2) is 77.7 Å². The molecule has 0 saturated carbocycles. The second-order valence-corrected chi connectivity index (χ2v) is 7.75. The summed E-state index contributed by atoms with van der Waals surface area (Å²) in [5.74, 6) is 1.12. The van der Waals surface area contributed by atoms with Crippen LogP contribution >= 0.6 is 0 Å². The van der Waals surface area contributed by atoms with Gasteiger partial charge < -0.3 is 4.74 Å². The molecule has 0 bridgehead atoms. The number of nitrogens with one attached hydrogen (secondary N) is 1. The Balaban J connectivity index is 1.75. The first-order valence-electron chi connectivity index (χ1n) is 8.18. The maximum atomic E-state index is 12.8. The molecule has 0 aliphatic heterocycles. The fourth-order valence-electron chi connectivity index (χ4n) is 2.39. The number of benzene rings is 3. The summed E-state index contributed by atoms with van der Waals surface area (Å²) >= 11 is 0. The lowest BCUT2D eigenvalue weighted by molar-refractivity contribution is -0.137. The molecule has 28 heavy (non-hydrogen) atoms. The van der Waals surface area contributed by atoms with Gasteiger partial charge in [0.25, 0.3) is 10.0 Å². The maximum absolute atomic E-state index is 12.8. The number of halogens is 3. The van der Waals surface area contributed by atoms with Gasteiger partial charge in [-0.25, -0.2) is 8.42 Å². The van der Waals surface area contributed by atoms with Gasteiger partial charge in [-0.3, -0.25) is 4.72 Å². The number of aryl methyl sites for hydroxylation is 1. The fourth-order valence-corrected chi connectivity index (χ4v) is 3.49. The van der Waals surface area contributed by atoms with Crippen molar-refractivity contribution < 1.29 is 26.3 Å². The zero-order valence-corrected chi connectivity index (χ0v) is 15.5. The molecule has 0 radical (unpaired) electrons. The minimum atomic E-state index is -4.62. The van der Waals surface area contributed by atoms with Crippen LogP contribution in [0.25, 0.3) is 0 Å². The molecule has 0 atom stereocenters. The van der Waals surface area contributed by atoms with Gasteiger partial charge in [0.05, 0.1) is 10.5 Å². The molecule has 0 aliphatic carbocycles. The molecule has 3 aromatic rings. The number of rotatable bonds is 5. The molecule has 0 spiro atoms. The summed E-state index contributed by atoms with van der Waals surface area (Å²) in [4.78, 5) is -0.470. The van der Waals surface area contributed by atoms with Crippen LogP contribution in [0.1, 0.15) is 11.1 Å². The standard InChI is InChI=1S/C20H16F3NO3S/c1-14-5-9-17(10-6-14)27-18-11-7-16(8-12-18)24-28(25,26)19-4-2-3-15(13-19)20(21,22)23/h2-13,24H,1H3. The summed E-state index contributed by atoms with van der Waals surface area (Å²) in [6, 6.07) is 17.0. The highest BCUT2D eigenvalue weighted by Crippen LogP contribution is 2.31. The molecule has 146 valence electrons. The molecular weight excluding hydrogens is 391 g/mol. The van der Waals surface area contributed by atoms with Gasteiger partial charge in [-0.05, 0) is 61.5 Å². The first-order valence-corrected chi connectivity index (χ1v) is 9.66. The Morgan fingerprint density at radius 3 is 2.00 bits per heavy atom. The zero-order valence-electron chi connectivity index (χ0n) is 14.7. The third kappa shape index (κ3) is 4.83. The van der Waals surface area contributed by atoms with E-state index in [1.165, 1.54) is 12.1 Å². The lowest BCUT2D eigenvalue weighted by atomic mass is 10.2.